The predicted molar refractivity (Wildman–Crippen MR) is 258 cm³/mol. The van der Waals surface area contributed by atoms with Crippen molar-refractivity contribution in [3.8, 4) is 0 Å². The van der Waals surface area contributed by atoms with Gasteiger partial charge in [-0.25, -0.2) is 21.8 Å². The normalized spacial score (nSPS) is 17.4. The molecule has 0 atom stereocenters. The number of benzene rings is 2. The standard InChI is InChI=1S/C24H28N4O4S.C19H21ClN4O3S.C4H7NO/c1-27-13-20-23(24(27)30)19(11-17(25-20)12-22(29)15-6-7-15)26-18-9-8-16(14-4-5-14)10-21(18)28(2)33(3,31)32;1-23-10-15-18(19(23)25)14(9-17(20)22-15)21-13-7-6-12(11-4-5-11)8-16(13)24(2)28(3,26)27;5-4(6)3-1-2-3/h8-11,14-15H,4-7,12-13H2,1-3H3,(H,25,26);6-9,11H,4-5,10H2,1-3H3,(H,21,22);3H,1-2H2,(H2,5,6). The SMILES string of the molecule is CN1Cc2nc(CC(=O)C3CC3)cc(Nc3ccc(C4CC4)cc3N(C)S(C)(=O)=O)c2C1=O.CN1Cc2nc(Cl)cc(Nc3ccc(C4CC4)cc3N(C)S(C)(=O)=O)c2C1=O.NC(=O)C1CC1. The second-order valence-electron chi connectivity index (χ2n) is 18.5. The first-order valence-corrected chi connectivity index (χ1v) is 26.4. The van der Waals surface area contributed by atoms with Crippen LogP contribution in [0, 0.1) is 11.8 Å². The zero-order valence-corrected chi connectivity index (χ0v) is 40.8. The molecule has 3 amide bonds. The number of fused-ring (bicyclic) bond motifs is 2. The number of rotatable bonds is 14. The number of hydrogen-bond acceptors (Lipinski definition) is 12. The highest BCUT2D eigenvalue weighted by molar-refractivity contribution is 7.92. The van der Waals surface area contributed by atoms with Gasteiger partial charge in [-0.3, -0.25) is 32.8 Å². The summed E-state index contributed by atoms with van der Waals surface area (Å²) in [5, 5.41) is 6.82. The summed E-state index contributed by atoms with van der Waals surface area (Å²) in [6.07, 6.45) is 10.9. The number of primary amides is 1. The lowest BCUT2D eigenvalue weighted by Crippen LogP contribution is -2.26. The Balaban J connectivity index is 0.000000163. The monoisotopic (exact) mass is 973 g/mol. The molecule has 17 nitrogen and oxygen atoms in total. The van der Waals surface area contributed by atoms with Crippen molar-refractivity contribution in [3.63, 3.8) is 0 Å². The largest absolute Gasteiger partial charge is 0.369 e. The highest BCUT2D eigenvalue weighted by Crippen LogP contribution is 2.45. The average molecular weight is 975 g/mol. The van der Waals surface area contributed by atoms with Crippen LogP contribution >= 0.6 is 11.6 Å². The Kier molecular flexibility index (Phi) is 13.1. The molecule has 4 fully saturated rings. The van der Waals surface area contributed by atoms with Gasteiger partial charge in [0.05, 0.1) is 87.9 Å². The predicted octanol–water partition coefficient (Wildman–Crippen LogP) is 6.42. The van der Waals surface area contributed by atoms with Crippen LogP contribution in [-0.4, -0.2) is 101 Å². The molecule has 2 aromatic heterocycles. The average Bonchev–Trinajstić information content (AvgIpc) is 4.07. The molecule has 4 heterocycles. The van der Waals surface area contributed by atoms with E-state index in [9.17, 15) is 36.0 Å². The number of aromatic nitrogens is 2. The summed E-state index contributed by atoms with van der Waals surface area (Å²) in [7, 11) is -0.467. The van der Waals surface area contributed by atoms with Gasteiger partial charge in [-0.1, -0.05) is 23.7 Å². The Morgan fingerprint density at radius 1 is 0.672 bits per heavy atom. The summed E-state index contributed by atoms with van der Waals surface area (Å²) in [5.41, 5.74) is 13.2. The summed E-state index contributed by atoms with van der Waals surface area (Å²) in [4.78, 5) is 59.8. The van der Waals surface area contributed by atoms with Gasteiger partial charge in [-0.15, -0.1) is 0 Å². The van der Waals surface area contributed by atoms with Gasteiger partial charge in [0.1, 0.15) is 10.9 Å². The Hall–Kier alpha value is -5.79. The molecule has 67 heavy (non-hydrogen) atoms. The number of ketones is 1. The Bertz CT molecular complexity index is 2920. The summed E-state index contributed by atoms with van der Waals surface area (Å²) in [6.45, 7) is 0.769. The van der Waals surface area contributed by atoms with E-state index in [4.69, 9.17) is 17.3 Å². The van der Waals surface area contributed by atoms with Gasteiger partial charge in [-0.05, 0) is 111 Å². The first-order chi connectivity index (χ1) is 31.6. The van der Waals surface area contributed by atoms with E-state index in [-0.39, 0.29) is 46.9 Å². The van der Waals surface area contributed by atoms with Crippen LogP contribution in [0.5, 0.6) is 0 Å². The van der Waals surface area contributed by atoms with Crippen LogP contribution < -0.4 is 25.0 Å². The maximum atomic E-state index is 12.9. The number of Topliss-reactive ketones (excluding diaryl/α,β-unsaturated/α-hetero) is 1. The van der Waals surface area contributed by atoms with Gasteiger partial charge >= 0.3 is 0 Å². The smallest absolute Gasteiger partial charge is 0.257 e. The maximum absolute atomic E-state index is 12.9. The summed E-state index contributed by atoms with van der Waals surface area (Å²) in [5.74, 6) is 1.08. The van der Waals surface area contributed by atoms with Crippen LogP contribution in [0.4, 0.5) is 34.1 Å². The van der Waals surface area contributed by atoms with Gasteiger partial charge in [0.25, 0.3) is 11.8 Å². The highest BCUT2D eigenvalue weighted by Gasteiger charge is 2.35. The molecule has 4 aromatic rings. The summed E-state index contributed by atoms with van der Waals surface area (Å²) in [6, 6.07) is 14.9. The quantitative estimate of drug-likeness (QED) is 0.116. The lowest BCUT2D eigenvalue weighted by atomic mass is 10.1. The summed E-state index contributed by atoms with van der Waals surface area (Å²) >= 11 is 6.15. The molecule has 2 aliphatic heterocycles. The third-order valence-electron chi connectivity index (χ3n) is 12.8. The molecule has 0 unspecified atom stereocenters. The maximum Gasteiger partial charge on any atom is 0.257 e. The lowest BCUT2D eigenvalue weighted by Gasteiger charge is -2.23. The van der Waals surface area contributed by atoms with E-state index >= 15 is 0 Å². The second kappa shape index (κ2) is 18.4. The topological polar surface area (TPSA) is 225 Å². The third-order valence-corrected chi connectivity index (χ3v) is 15.4. The van der Waals surface area contributed by atoms with E-state index in [1.54, 1.807) is 36.0 Å². The number of halogens is 1. The molecule has 10 rings (SSSR count). The van der Waals surface area contributed by atoms with Gasteiger partial charge in [-0.2, -0.15) is 0 Å². The fourth-order valence-corrected chi connectivity index (χ4v) is 9.33. The molecule has 4 aliphatic carbocycles. The van der Waals surface area contributed by atoms with Crippen molar-refractivity contribution in [2.75, 3.05) is 59.9 Å². The van der Waals surface area contributed by atoms with E-state index in [0.717, 1.165) is 62.5 Å². The molecular weight excluding hydrogens is 918 g/mol. The number of carbonyl (C=O) groups is 4. The van der Waals surface area contributed by atoms with E-state index in [1.165, 1.54) is 35.2 Å². The van der Waals surface area contributed by atoms with Crippen molar-refractivity contribution < 1.29 is 36.0 Å². The van der Waals surface area contributed by atoms with Gasteiger partial charge < -0.3 is 26.2 Å². The summed E-state index contributed by atoms with van der Waals surface area (Å²) < 4.78 is 51.6. The van der Waals surface area contributed by atoms with E-state index in [0.29, 0.717) is 87.3 Å². The third kappa shape index (κ3) is 11.0. The Morgan fingerprint density at radius 2 is 1.10 bits per heavy atom. The molecule has 4 saturated carbocycles. The lowest BCUT2D eigenvalue weighted by molar-refractivity contribution is -0.120. The number of anilines is 6. The molecule has 2 aromatic carbocycles. The number of nitrogens with two attached hydrogens (primary N) is 1. The molecular formula is C47H56ClN9O8S2. The molecule has 4 N–H and O–H groups in total. The number of amides is 3. The minimum atomic E-state index is -3.49. The number of pyridine rings is 2. The van der Waals surface area contributed by atoms with Gasteiger partial charge in [0, 0.05) is 46.4 Å². The molecule has 20 heteroatoms. The zero-order valence-electron chi connectivity index (χ0n) is 38.4. The first-order valence-electron chi connectivity index (χ1n) is 22.3. The fourth-order valence-electron chi connectivity index (χ4n) is 8.10. The number of nitrogens with zero attached hydrogens (tertiary/aromatic N) is 6. The molecule has 0 bridgehead atoms. The molecule has 6 aliphatic rings. The van der Waals surface area contributed by atoms with Crippen LogP contribution in [0.2, 0.25) is 5.15 Å². The number of sulfonamides is 2. The van der Waals surface area contributed by atoms with Gasteiger partial charge in [0.2, 0.25) is 26.0 Å². The molecule has 0 radical (unpaired) electrons. The fraction of sp³-hybridized carbons (Fsp3) is 0.447. The van der Waals surface area contributed by atoms with Crippen LogP contribution in [-0.2, 0) is 49.1 Å². The molecule has 0 saturated heterocycles. The Labute approximate surface area is 396 Å². The van der Waals surface area contributed by atoms with E-state index in [1.807, 2.05) is 36.4 Å². The van der Waals surface area contributed by atoms with Crippen molar-refractivity contribution in [2.24, 2.45) is 17.6 Å². The van der Waals surface area contributed by atoms with E-state index < -0.39 is 20.0 Å². The second-order valence-corrected chi connectivity index (χ2v) is 22.9. The van der Waals surface area contributed by atoms with Crippen molar-refractivity contribution in [3.05, 3.63) is 93.0 Å². The minimum absolute atomic E-state index is 0.130. The van der Waals surface area contributed by atoms with E-state index in [2.05, 4.69) is 20.6 Å². The molecule has 356 valence electrons. The van der Waals surface area contributed by atoms with Crippen LogP contribution in [0.25, 0.3) is 0 Å². The number of carbonyl (C=O) groups excluding carboxylic acids is 4. The Morgan fingerprint density at radius 3 is 1.49 bits per heavy atom. The number of nitrogens with one attached hydrogen (secondary N) is 2. The van der Waals surface area contributed by atoms with Crippen molar-refractivity contribution >= 4 is 89.3 Å². The van der Waals surface area contributed by atoms with Crippen LogP contribution in [0.3, 0.4) is 0 Å². The molecule has 0 spiro atoms. The number of hydrogen-bond donors (Lipinski definition) is 3. The van der Waals surface area contributed by atoms with Gasteiger partial charge in [0.15, 0.2) is 0 Å². The first kappa shape index (κ1) is 47.7. The van der Waals surface area contributed by atoms with Crippen molar-refractivity contribution in [1.82, 2.24) is 19.8 Å². The zero-order chi connectivity index (χ0) is 48.3. The van der Waals surface area contributed by atoms with Crippen LogP contribution in [0.15, 0.2) is 48.5 Å². The van der Waals surface area contributed by atoms with Crippen molar-refractivity contribution in [1.29, 1.82) is 0 Å². The minimum Gasteiger partial charge on any atom is -0.369 e. The highest BCUT2D eigenvalue weighted by atomic mass is 35.5. The van der Waals surface area contributed by atoms with Crippen molar-refractivity contribution in [2.45, 2.75) is 82.7 Å². The van der Waals surface area contributed by atoms with Crippen LogP contribution in [0.1, 0.15) is 112 Å².